The summed E-state index contributed by atoms with van der Waals surface area (Å²) in [5.74, 6) is -0.247. The molecule has 2 aliphatic rings. The Hall–Kier alpha value is -2.82. The van der Waals surface area contributed by atoms with E-state index in [2.05, 4.69) is 10.6 Å². The second-order valence-corrected chi connectivity index (χ2v) is 8.92. The van der Waals surface area contributed by atoms with Crippen molar-refractivity contribution in [2.24, 2.45) is 0 Å². The van der Waals surface area contributed by atoms with Crippen LogP contribution >= 0.6 is 23.2 Å². The fourth-order valence-electron chi connectivity index (χ4n) is 5.38. The van der Waals surface area contributed by atoms with Crippen molar-refractivity contribution in [3.63, 3.8) is 0 Å². The molecular weight excluding hydrogens is 431 g/mol. The molecule has 31 heavy (non-hydrogen) atoms. The Morgan fingerprint density at radius 1 is 0.806 bits per heavy atom. The van der Waals surface area contributed by atoms with Gasteiger partial charge in [0.05, 0.1) is 10.8 Å². The van der Waals surface area contributed by atoms with Gasteiger partial charge in [-0.15, -0.1) is 0 Å². The number of anilines is 1. The number of hydrogen-bond donors (Lipinski definition) is 2. The Morgan fingerprint density at radius 3 is 2.32 bits per heavy atom. The van der Waals surface area contributed by atoms with E-state index in [1.54, 1.807) is 12.1 Å². The lowest BCUT2D eigenvalue weighted by molar-refractivity contribution is -0.123. The van der Waals surface area contributed by atoms with Crippen LogP contribution in [0.2, 0.25) is 10.0 Å². The first-order chi connectivity index (χ1) is 15.0. The van der Waals surface area contributed by atoms with Crippen LogP contribution in [0, 0.1) is 0 Å². The second-order valence-electron chi connectivity index (χ2n) is 8.08. The number of halogens is 2. The molecule has 0 unspecified atom stereocenters. The molecule has 3 aromatic carbocycles. The van der Waals surface area contributed by atoms with E-state index in [0.29, 0.717) is 22.2 Å². The van der Waals surface area contributed by atoms with Gasteiger partial charge in [-0.2, -0.15) is 0 Å². The van der Waals surface area contributed by atoms with E-state index in [1.807, 2.05) is 60.7 Å². The molecule has 0 saturated carbocycles. The van der Waals surface area contributed by atoms with Crippen molar-refractivity contribution in [3.8, 4) is 0 Å². The normalized spacial score (nSPS) is 25.0. The molecule has 2 amide bonds. The molecule has 0 radical (unpaired) electrons. The Morgan fingerprint density at radius 2 is 1.55 bits per heavy atom. The van der Waals surface area contributed by atoms with Crippen LogP contribution in [0.15, 0.2) is 72.8 Å². The van der Waals surface area contributed by atoms with Gasteiger partial charge in [-0.1, -0.05) is 71.7 Å². The van der Waals surface area contributed by atoms with Crippen molar-refractivity contribution >= 4 is 40.7 Å². The molecule has 6 heteroatoms. The number of benzene rings is 3. The zero-order chi connectivity index (χ0) is 21.6. The van der Waals surface area contributed by atoms with Gasteiger partial charge in [-0.25, -0.2) is 0 Å². The summed E-state index contributed by atoms with van der Waals surface area (Å²) >= 11 is 13.2. The summed E-state index contributed by atoms with van der Waals surface area (Å²) in [4.78, 5) is 26.6. The quantitative estimate of drug-likeness (QED) is 0.571. The summed E-state index contributed by atoms with van der Waals surface area (Å²) in [7, 11) is 0. The van der Waals surface area contributed by atoms with E-state index in [0.717, 1.165) is 16.7 Å². The van der Waals surface area contributed by atoms with Gasteiger partial charge in [0.15, 0.2) is 0 Å². The average Bonchev–Trinajstić information content (AvgIpc) is 2.97. The number of fused-ring (bicyclic) bond motifs is 2. The van der Waals surface area contributed by atoms with Gasteiger partial charge in [0.25, 0.3) is 0 Å². The molecule has 2 N–H and O–H groups in total. The summed E-state index contributed by atoms with van der Waals surface area (Å²) in [5, 5.41) is 7.20. The molecule has 1 fully saturated rings. The molecule has 0 aromatic heterocycles. The molecule has 2 aliphatic heterocycles. The molecule has 2 atom stereocenters. The molecule has 4 nitrogen and oxygen atoms in total. The van der Waals surface area contributed by atoms with E-state index in [9.17, 15) is 9.59 Å². The molecular formula is C25H20Cl2N2O2. The minimum absolute atomic E-state index is 0.0903. The molecule has 2 heterocycles. The van der Waals surface area contributed by atoms with Crippen LogP contribution in [0.1, 0.15) is 29.5 Å². The molecule has 156 valence electrons. The van der Waals surface area contributed by atoms with Crippen molar-refractivity contribution in [1.29, 1.82) is 0 Å². The largest absolute Gasteiger partial charge is 0.355 e. The summed E-state index contributed by atoms with van der Waals surface area (Å²) in [6.45, 7) is 0.244. The van der Waals surface area contributed by atoms with Crippen LogP contribution in [0.5, 0.6) is 0 Å². The van der Waals surface area contributed by atoms with E-state index in [4.69, 9.17) is 23.2 Å². The lowest BCUT2D eigenvalue weighted by Crippen LogP contribution is -2.57. The zero-order valence-corrected chi connectivity index (χ0v) is 18.1. The Balaban J connectivity index is 1.94. The predicted octanol–water partition coefficient (Wildman–Crippen LogP) is 5.08. The second kappa shape index (κ2) is 7.40. The predicted molar refractivity (Wildman–Crippen MR) is 123 cm³/mol. The Kier molecular flexibility index (Phi) is 4.80. The molecule has 5 rings (SSSR count). The number of nitrogens with one attached hydrogen (secondary N) is 2. The standard InChI is InChI=1S/C25H20Cl2N2O2/c26-18-9-4-8-17(14-18)25(16-6-2-1-3-7-16)15-28-21(30)12-13-24(25)22-19(27)10-5-11-20(22)29-23(24)31/h1-11,14H,12-13,15H2,(H,28,30)(H,29,31)/t24-,25-/m1/s1. The lowest BCUT2D eigenvalue weighted by atomic mass is 9.53. The van der Waals surface area contributed by atoms with Crippen LogP contribution in [0.3, 0.4) is 0 Å². The fourth-order valence-corrected chi connectivity index (χ4v) is 5.90. The van der Waals surface area contributed by atoms with Gasteiger partial charge in [-0.05, 0) is 41.8 Å². The first-order valence-corrected chi connectivity index (χ1v) is 10.9. The minimum atomic E-state index is -1.09. The van der Waals surface area contributed by atoms with Crippen LogP contribution in [0.4, 0.5) is 5.69 Å². The molecule has 0 aliphatic carbocycles. The third-order valence-electron chi connectivity index (χ3n) is 6.67. The topological polar surface area (TPSA) is 58.2 Å². The highest BCUT2D eigenvalue weighted by Crippen LogP contribution is 2.58. The molecule has 1 saturated heterocycles. The third kappa shape index (κ3) is 2.82. The van der Waals surface area contributed by atoms with Crippen molar-refractivity contribution in [2.45, 2.75) is 23.7 Å². The van der Waals surface area contributed by atoms with Crippen LogP contribution in [-0.4, -0.2) is 18.4 Å². The van der Waals surface area contributed by atoms with Gasteiger partial charge in [-0.3, -0.25) is 9.59 Å². The average molecular weight is 451 g/mol. The van der Waals surface area contributed by atoms with Gasteiger partial charge < -0.3 is 10.6 Å². The number of hydrogen-bond acceptors (Lipinski definition) is 2. The number of rotatable bonds is 2. The highest BCUT2D eigenvalue weighted by atomic mass is 35.5. The first kappa shape index (κ1) is 20.1. The molecule has 3 aromatic rings. The van der Waals surface area contributed by atoms with Gasteiger partial charge >= 0.3 is 0 Å². The van der Waals surface area contributed by atoms with Crippen molar-refractivity contribution in [2.75, 3.05) is 11.9 Å². The van der Waals surface area contributed by atoms with E-state index in [-0.39, 0.29) is 24.8 Å². The monoisotopic (exact) mass is 450 g/mol. The Bertz CT molecular complexity index is 1200. The first-order valence-electron chi connectivity index (χ1n) is 10.2. The maximum absolute atomic E-state index is 13.9. The summed E-state index contributed by atoms with van der Waals surface area (Å²) in [6, 6.07) is 22.9. The maximum atomic E-state index is 13.9. The summed E-state index contributed by atoms with van der Waals surface area (Å²) in [5.41, 5.74) is 1.20. The van der Waals surface area contributed by atoms with Crippen molar-refractivity contribution in [3.05, 3.63) is 99.5 Å². The highest BCUT2D eigenvalue weighted by Gasteiger charge is 2.64. The zero-order valence-electron chi connectivity index (χ0n) is 16.6. The highest BCUT2D eigenvalue weighted by molar-refractivity contribution is 6.33. The molecule has 1 spiro atoms. The van der Waals surface area contributed by atoms with Gasteiger partial charge in [0, 0.05) is 34.3 Å². The maximum Gasteiger partial charge on any atom is 0.236 e. The van der Waals surface area contributed by atoms with Crippen LogP contribution < -0.4 is 10.6 Å². The van der Waals surface area contributed by atoms with E-state index >= 15 is 0 Å². The Labute approximate surface area is 190 Å². The number of amides is 2. The van der Waals surface area contributed by atoms with Crippen molar-refractivity contribution in [1.82, 2.24) is 5.32 Å². The lowest BCUT2D eigenvalue weighted by Gasteiger charge is -2.47. The van der Waals surface area contributed by atoms with Crippen LogP contribution in [-0.2, 0) is 20.4 Å². The molecule has 0 bridgehead atoms. The summed E-state index contributed by atoms with van der Waals surface area (Å²) in [6.07, 6.45) is 0.538. The fraction of sp³-hybridized carbons (Fsp3) is 0.200. The van der Waals surface area contributed by atoms with E-state index < -0.39 is 10.8 Å². The third-order valence-corrected chi connectivity index (χ3v) is 7.22. The number of carbonyl (C=O) groups is 2. The van der Waals surface area contributed by atoms with Crippen LogP contribution in [0.25, 0.3) is 0 Å². The van der Waals surface area contributed by atoms with E-state index in [1.165, 1.54) is 0 Å². The van der Waals surface area contributed by atoms with Gasteiger partial charge in [0.1, 0.15) is 0 Å². The smallest absolute Gasteiger partial charge is 0.236 e. The van der Waals surface area contributed by atoms with Crippen molar-refractivity contribution < 1.29 is 9.59 Å². The number of carbonyl (C=O) groups excluding carboxylic acids is 2. The summed E-state index contributed by atoms with van der Waals surface area (Å²) < 4.78 is 0. The van der Waals surface area contributed by atoms with Gasteiger partial charge in [0.2, 0.25) is 11.8 Å². The minimum Gasteiger partial charge on any atom is -0.355 e. The SMILES string of the molecule is O=C1CC[C@@]2(C(=O)Nc3cccc(Cl)c32)[C@](c2ccccc2)(c2cccc(Cl)c2)CN1.